The molecule has 2 rings (SSSR count). The molecule has 4 nitrogen and oxygen atoms in total. The van der Waals surface area contributed by atoms with E-state index in [1.165, 1.54) is 11.8 Å². The van der Waals surface area contributed by atoms with Crippen molar-refractivity contribution < 1.29 is 9.53 Å². The Labute approximate surface area is 145 Å². The van der Waals surface area contributed by atoms with Gasteiger partial charge in [0.15, 0.2) is 0 Å². The highest BCUT2D eigenvalue weighted by atomic mass is 79.9. The molecule has 0 bridgehead atoms. The summed E-state index contributed by atoms with van der Waals surface area (Å²) >= 11 is 3.30. The second-order valence-electron chi connectivity index (χ2n) is 6.27. The van der Waals surface area contributed by atoms with Gasteiger partial charge in [0.2, 0.25) is 0 Å². The molecular formula is C18H21BrN2O2. The quantitative estimate of drug-likeness (QED) is 0.803. The summed E-state index contributed by atoms with van der Waals surface area (Å²) in [7, 11) is 0. The molecule has 0 atom stereocenters. The van der Waals surface area contributed by atoms with Gasteiger partial charge in [-0.15, -0.1) is 0 Å². The Hall–Kier alpha value is -1.88. The molecule has 0 aliphatic heterocycles. The van der Waals surface area contributed by atoms with Crippen molar-refractivity contribution in [3.63, 3.8) is 0 Å². The summed E-state index contributed by atoms with van der Waals surface area (Å²) < 4.78 is 6.42. The molecule has 1 N–H and O–H groups in total. The lowest BCUT2D eigenvalue weighted by molar-refractivity contribution is 0.0946. The molecule has 23 heavy (non-hydrogen) atoms. The first-order valence-electron chi connectivity index (χ1n) is 7.48. The molecule has 5 heteroatoms. The van der Waals surface area contributed by atoms with Gasteiger partial charge in [-0.1, -0.05) is 32.9 Å². The van der Waals surface area contributed by atoms with Crippen molar-refractivity contribution in [1.82, 2.24) is 10.3 Å². The molecule has 0 saturated heterocycles. The Morgan fingerprint density at radius 3 is 2.52 bits per heavy atom. The molecule has 122 valence electrons. The standard InChI is InChI=1S/C18H21BrN2O2/c1-18(2,3)14-4-6-16(7-5-14)23-9-8-21-17(22)13-10-15(19)12-20-11-13/h4-7,10-12H,8-9H2,1-3H3,(H,21,22). The summed E-state index contributed by atoms with van der Waals surface area (Å²) in [5.74, 6) is 0.641. The second-order valence-corrected chi connectivity index (χ2v) is 7.19. The summed E-state index contributed by atoms with van der Waals surface area (Å²) in [5.41, 5.74) is 1.92. The van der Waals surface area contributed by atoms with Crippen molar-refractivity contribution in [2.75, 3.05) is 13.2 Å². The van der Waals surface area contributed by atoms with Crippen molar-refractivity contribution in [2.45, 2.75) is 26.2 Å². The van der Waals surface area contributed by atoms with Crippen LogP contribution in [-0.4, -0.2) is 24.0 Å². The van der Waals surface area contributed by atoms with Crippen LogP contribution in [0.25, 0.3) is 0 Å². The van der Waals surface area contributed by atoms with Crippen LogP contribution in [0, 0.1) is 0 Å². The lowest BCUT2D eigenvalue weighted by Gasteiger charge is -2.19. The van der Waals surface area contributed by atoms with Crippen LogP contribution >= 0.6 is 15.9 Å². The van der Waals surface area contributed by atoms with Crippen LogP contribution < -0.4 is 10.1 Å². The minimum atomic E-state index is -0.162. The maximum absolute atomic E-state index is 11.9. The van der Waals surface area contributed by atoms with E-state index < -0.39 is 0 Å². The highest BCUT2D eigenvalue weighted by Gasteiger charge is 2.13. The van der Waals surface area contributed by atoms with Crippen molar-refractivity contribution >= 4 is 21.8 Å². The number of aromatic nitrogens is 1. The van der Waals surface area contributed by atoms with E-state index in [0.717, 1.165) is 10.2 Å². The topological polar surface area (TPSA) is 51.2 Å². The molecule has 0 aliphatic rings. The van der Waals surface area contributed by atoms with Crippen LogP contribution in [0.4, 0.5) is 0 Å². The van der Waals surface area contributed by atoms with Gasteiger partial charge in [0, 0.05) is 16.9 Å². The third kappa shape index (κ3) is 5.36. The van der Waals surface area contributed by atoms with Crippen LogP contribution in [0.2, 0.25) is 0 Å². The zero-order chi connectivity index (χ0) is 16.9. The zero-order valence-electron chi connectivity index (χ0n) is 13.6. The first kappa shape index (κ1) is 17.5. The Balaban J connectivity index is 1.78. The number of rotatable bonds is 5. The number of nitrogens with zero attached hydrogens (tertiary/aromatic N) is 1. The number of nitrogens with one attached hydrogen (secondary N) is 1. The van der Waals surface area contributed by atoms with Gasteiger partial charge in [-0.3, -0.25) is 9.78 Å². The number of benzene rings is 1. The highest BCUT2D eigenvalue weighted by molar-refractivity contribution is 9.10. The molecule has 0 aliphatic carbocycles. The molecule has 0 unspecified atom stereocenters. The van der Waals surface area contributed by atoms with Crippen LogP contribution in [0.1, 0.15) is 36.7 Å². The van der Waals surface area contributed by atoms with Crippen LogP contribution in [0.3, 0.4) is 0 Å². The summed E-state index contributed by atoms with van der Waals surface area (Å²) in [6.07, 6.45) is 3.17. The van der Waals surface area contributed by atoms with Gasteiger partial charge in [-0.25, -0.2) is 0 Å². The Morgan fingerprint density at radius 2 is 1.91 bits per heavy atom. The first-order valence-corrected chi connectivity index (χ1v) is 8.27. The normalized spacial score (nSPS) is 11.1. The molecule has 1 heterocycles. The minimum Gasteiger partial charge on any atom is -0.492 e. The van der Waals surface area contributed by atoms with Gasteiger partial charge in [0.05, 0.1) is 12.1 Å². The Morgan fingerprint density at radius 1 is 1.22 bits per heavy atom. The predicted molar refractivity (Wildman–Crippen MR) is 94.9 cm³/mol. The largest absolute Gasteiger partial charge is 0.492 e. The van der Waals surface area contributed by atoms with E-state index in [4.69, 9.17) is 4.74 Å². The molecule has 0 spiro atoms. The summed E-state index contributed by atoms with van der Waals surface area (Å²) in [5, 5.41) is 2.81. The summed E-state index contributed by atoms with van der Waals surface area (Å²) in [4.78, 5) is 15.9. The van der Waals surface area contributed by atoms with Crippen LogP contribution in [-0.2, 0) is 5.41 Å². The van der Waals surface area contributed by atoms with E-state index in [1.54, 1.807) is 12.3 Å². The number of hydrogen-bond donors (Lipinski definition) is 1. The lowest BCUT2D eigenvalue weighted by atomic mass is 9.87. The van der Waals surface area contributed by atoms with E-state index in [-0.39, 0.29) is 11.3 Å². The van der Waals surface area contributed by atoms with Gasteiger partial charge < -0.3 is 10.1 Å². The Bertz CT molecular complexity index is 663. The molecule has 0 saturated carbocycles. The fourth-order valence-corrected chi connectivity index (χ4v) is 2.39. The van der Waals surface area contributed by atoms with Crippen LogP contribution in [0.5, 0.6) is 5.75 Å². The van der Waals surface area contributed by atoms with Crippen molar-refractivity contribution in [1.29, 1.82) is 0 Å². The third-order valence-corrected chi connectivity index (χ3v) is 3.78. The number of carbonyl (C=O) groups excluding carboxylic acids is 1. The Kier molecular flexibility index (Phi) is 5.77. The summed E-state index contributed by atoms with van der Waals surface area (Å²) in [6, 6.07) is 9.79. The SMILES string of the molecule is CC(C)(C)c1ccc(OCCNC(=O)c2cncc(Br)c2)cc1. The molecule has 0 radical (unpaired) electrons. The molecule has 1 aromatic carbocycles. The predicted octanol–water partition coefficient (Wildman–Crippen LogP) is 3.95. The highest BCUT2D eigenvalue weighted by Crippen LogP contribution is 2.24. The van der Waals surface area contributed by atoms with Crippen molar-refractivity contribution in [3.05, 3.63) is 58.3 Å². The number of halogens is 1. The average molecular weight is 377 g/mol. The van der Waals surface area contributed by atoms with Gasteiger partial charge in [-0.05, 0) is 45.1 Å². The fourth-order valence-electron chi connectivity index (χ4n) is 2.02. The average Bonchev–Trinajstić information content (AvgIpc) is 2.51. The fraction of sp³-hybridized carbons (Fsp3) is 0.333. The number of pyridine rings is 1. The van der Waals surface area contributed by atoms with Crippen molar-refractivity contribution in [3.8, 4) is 5.75 Å². The molecular weight excluding hydrogens is 356 g/mol. The van der Waals surface area contributed by atoms with E-state index in [2.05, 4.69) is 59.1 Å². The molecule has 1 aromatic heterocycles. The maximum atomic E-state index is 11.9. The monoisotopic (exact) mass is 376 g/mol. The maximum Gasteiger partial charge on any atom is 0.253 e. The molecule has 0 fully saturated rings. The van der Waals surface area contributed by atoms with Crippen LogP contribution in [0.15, 0.2) is 47.2 Å². The zero-order valence-corrected chi connectivity index (χ0v) is 15.2. The number of carbonyl (C=O) groups is 1. The lowest BCUT2D eigenvalue weighted by Crippen LogP contribution is -2.28. The molecule has 1 amide bonds. The van der Waals surface area contributed by atoms with E-state index in [9.17, 15) is 4.79 Å². The number of amides is 1. The van der Waals surface area contributed by atoms with Gasteiger partial charge in [-0.2, -0.15) is 0 Å². The van der Waals surface area contributed by atoms with Gasteiger partial charge in [0.25, 0.3) is 5.91 Å². The van der Waals surface area contributed by atoms with Gasteiger partial charge in [0.1, 0.15) is 12.4 Å². The van der Waals surface area contributed by atoms with Gasteiger partial charge >= 0.3 is 0 Å². The molecule has 2 aromatic rings. The summed E-state index contributed by atoms with van der Waals surface area (Å²) in [6.45, 7) is 7.38. The minimum absolute atomic E-state index is 0.129. The number of hydrogen-bond acceptors (Lipinski definition) is 3. The first-order chi connectivity index (χ1) is 10.9. The smallest absolute Gasteiger partial charge is 0.253 e. The van der Waals surface area contributed by atoms with E-state index >= 15 is 0 Å². The third-order valence-electron chi connectivity index (χ3n) is 3.34. The number of ether oxygens (including phenoxy) is 1. The second kappa shape index (κ2) is 7.59. The van der Waals surface area contributed by atoms with E-state index in [1.807, 2.05) is 12.1 Å². The van der Waals surface area contributed by atoms with Crippen molar-refractivity contribution in [2.24, 2.45) is 0 Å². The van der Waals surface area contributed by atoms with E-state index in [0.29, 0.717) is 18.7 Å².